The van der Waals surface area contributed by atoms with E-state index in [0.29, 0.717) is 0 Å². The molecule has 0 aliphatic carbocycles. The minimum atomic E-state index is -3.00. The fourth-order valence-corrected chi connectivity index (χ4v) is 1.77. The molecule has 0 spiro atoms. The highest BCUT2D eigenvalue weighted by Crippen LogP contribution is 2.31. The van der Waals surface area contributed by atoms with Crippen molar-refractivity contribution in [3.8, 4) is 11.5 Å². The van der Waals surface area contributed by atoms with Crippen LogP contribution in [-0.4, -0.2) is 24.6 Å². The number of carbonyl (C=O) groups excluding carboxylic acids is 1. The monoisotopic (exact) mass is 328 g/mol. The van der Waals surface area contributed by atoms with Gasteiger partial charge < -0.3 is 14.8 Å². The SMILES string of the molecule is COc1ccc(NC(=O)c2ccc(Cl)nc2)cc1OC(F)F. The number of benzene rings is 1. The van der Waals surface area contributed by atoms with Crippen molar-refractivity contribution < 1.29 is 23.0 Å². The molecule has 0 bridgehead atoms. The smallest absolute Gasteiger partial charge is 0.387 e. The summed E-state index contributed by atoms with van der Waals surface area (Å²) in [4.78, 5) is 15.8. The summed E-state index contributed by atoms with van der Waals surface area (Å²) < 4.78 is 33.9. The lowest BCUT2D eigenvalue weighted by atomic mass is 10.2. The molecule has 0 atom stereocenters. The van der Waals surface area contributed by atoms with Crippen LogP contribution in [0.1, 0.15) is 10.4 Å². The van der Waals surface area contributed by atoms with Gasteiger partial charge in [0.15, 0.2) is 11.5 Å². The molecule has 0 aliphatic rings. The molecule has 0 aliphatic heterocycles. The minimum absolute atomic E-state index is 0.131. The first kappa shape index (κ1) is 16.0. The molecule has 0 radical (unpaired) electrons. The van der Waals surface area contributed by atoms with Gasteiger partial charge in [-0.1, -0.05) is 11.6 Å². The second-order valence-electron chi connectivity index (χ2n) is 4.07. The highest BCUT2D eigenvalue weighted by atomic mass is 35.5. The van der Waals surface area contributed by atoms with E-state index in [1.54, 1.807) is 0 Å². The van der Waals surface area contributed by atoms with E-state index in [-0.39, 0.29) is 27.9 Å². The number of carbonyl (C=O) groups is 1. The minimum Gasteiger partial charge on any atom is -0.493 e. The van der Waals surface area contributed by atoms with E-state index in [4.69, 9.17) is 16.3 Å². The number of nitrogens with one attached hydrogen (secondary N) is 1. The lowest BCUT2D eigenvalue weighted by Gasteiger charge is -2.12. The van der Waals surface area contributed by atoms with Crippen LogP contribution in [0.5, 0.6) is 11.5 Å². The molecule has 1 heterocycles. The fraction of sp³-hybridized carbons (Fsp3) is 0.143. The molecule has 116 valence electrons. The third-order valence-electron chi connectivity index (χ3n) is 2.63. The zero-order valence-electron chi connectivity index (χ0n) is 11.3. The van der Waals surface area contributed by atoms with Crippen LogP contribution in [0.4, 0.5) is 14.5 Å². The maximum atomic E-state index is 12.3. The third-order valence-corrected chi connectivity index (χ3v) is 2.85. The van der Waals surface area contributed by atoms with Gasteiger partial charge in [-0.3, -0.25) is 4.79 Å². The summed E-state index contributed by atoms with van der Waals surface area (Å²) in [7, 11) is 1.32. The average Bonchev–Trinajstić information content (AvgIpc) is 2.47. The van der Waals surface area contributed by atoms with Gasteiger partial charge >= 0.3 is 6.61 Å². The fourth-order valence-electron chi connectivity index (χ4n) is 1.66. The summed E-state index contributed by atoms with van der Waals surface area (Å²) in [6, 6.07) is 7.11. The number of rotatable bonds is 5. The summed E-state index contributed by atoms with van der Waals surface area (Å²) in [5.41, 5.74) is 0.549. The Labute approximate surface area is 129 Å². The summed E-state index contributed by atoms with van der Waals surface area (Å²) >= 11 is 5.63. The first-order valence-corrected chi connectivity index (χ1v) is 6.43. The Balaban J connectivity index is 2.18. The molecule has 1 amide bonds. The highest BCUT2D eigenvalue weighted by Gasteiger charge is 2.13. The number of aromatic nitrogens is 1. The predicted octanol–water partition coefficient (Wildman–Crippen LogP) is 3.60. The number of hydrogen-bond acceptors (Lipinski definition) is 4. The molecule has 0 saturated heterocycles. The van der Waals surface area contributed by atoms with Gasteiger partial charge in [0.25, 0.3) is 5.91 Å². The van der Waals surface area contributed by atoms with Crippen molar-refractivity contribution in [2.24, 2.45) is 0 Å². The Morgan fingerprint density at radius 2 is 2.05 bits per heavy atom. The average molecular weight is 329 g/mol. The molecule has 0 saturated carbocycles. The van der Waals surface area contributed by atoms with Gasteiger partial charge in [0.2, 0.25) is 0 Å². The molecule has 2 rings (SSSR count). The molecule has 8 heteroatoms. The second-order valence-corrected chi connectivity index (χ2v) is 4.46. The molecule has 1 aromatic carbocycles. The van der Waals surface area contributed by atoms with Gasteiger partial charge in [-0.2, -0.15) is 8.78 Å². The Bertz CT molecular complexity index is 666. The number of nitrogens with zero attached hydrogens (tertiary/aromatic N) is 1. The largest absolute Gasteiger partial charge is 0.493 e. The van der Waals surface area contributed by atoms with Crippen molar-refractivity contribution >= 4 is 23.2 Å². The lowest BCUT2D eigenvalue weighted by molar-refractivity contribution is -0.0511. The Kier molecular flexibility index (Phi) is 5.11. The molecule has 1 N–H and O–H groups in total. The zero-order valence-corrected chi connectivity index (χ0v) is 12.1. The number of pyridine rings is 1. The normalized spacial score (nSPS) is 10.4. The first-order valence-electron chi connectivity index (χ1n) is 6.05. The number of amides is 1. The van der Waals surface area contributed by atoms with Crippen LogP contribution in [0.15, 0.2) is 36.5 Å². The molecule has 1 aromatic heterocycles. The van der Waals surface area contributed by atoms with Gasteiger partial charge in [-0.05, 0) is 24.3 Å². The molecule has 2 aromatic rings. The number of hydrogen-bond donors (Lipinski definition) is 1. The van der Waals surface area contributed by atoms with E-state index in [1.807, 2.05) is 0 Å². The molecule has 0 fully saturated rings. The zero-order chi connectivity index (χ0) is 16.1. The van der Waals surface area contributed by atoms with Crippen molar-refractivity contribution in [2.45, 2.75) is 6.61 Å². The number of methoxy groups -OCH3 is 1. The Morgan fingerprint density at radius 3 is 2.64 bits per heavy atom. The summed E-state index contributed by atoms with van der Waals surface area (Å²) in [6.45, 7) is -3.00. The topological polar surface area (TPSA) is 60.5 Å². The van der Waals surface area contributed by atoms with Crippen LogP contribution in [0.2, 0.25) is 5.15 Å². The van der Waals surface area contributed by atoms with Gasteiger partial charge in [0.1, 0.15) is 5.15 Å². The van der Waals surface area contributed by atoms with Crippen LogP contribution < -0.4 is 14.8 Å². The number of anilines is 1. The number of ether oxygens (including phenoxy) is 2. The molecule has 22 heavy (non-hydrogen) atoms. The van der Waals surface area contributed by atoms with E-state index < -0.39 is 12.5 Å². The third kappa shape index (κ3) is 4.05. The van der Waals surface area contributed by atoms with E-state index >= 15 is 0 Å². The van der Waals surface area contributed by atoms with Gasteiger partial charge in [0.05, 0.1) is 12.7 Å². The maximum Gasteiger partial charge on any atom is 0.387 e. The van der Waals surface area contributed by atoms with Crippen molar-refractivity contribution in [3.05, 3.63) is 47.2 Å². The molecular weight excluding hydrogens is 318 g/mol. The van der Waals surface area contributed by atoms with Crippen LogP contribution >= 0.6 is 11.6 Å². The highest BCUT2D eigenvalue weighted by molar-refractivity contribution is 6.29. The maximum absolute atomic E-state index is 12.3. The van der Waals surface area contributed by atoms with Crippen molar-refractivity contribution in [3.63, 3.8) is 0 Å². The first-order chi connectivity index (χ1) is 10.5. The van der Waals surface area contributed by atoms with Gasteiger partial charge in [-0.25, -0.2) is 4.98 Å². The van der Waals surface area contributed by atoms with Gasteiger partial charge in [-0.15, -0.1) is 0 Å². The van der Waals surface area contributed by atoms with E-state index in [0.717, 1.165) is 0 Å². The van der Waals surface area contributed by atoms with E-state index in [9.17, 15) is 13.6 Å². The van der Waals surface area contributed by atoms with E-state index in [2.05, 4.69) is 15.0 Å². The van der Waals surface area contributed by atoms with Crippen LogP contribution in [0.25, 0.3) is 0 Å². The predicted molar refractivity (Wildman–Crippen MR) is 76.8 cm³/mol. The second kappa shape index (κ2) is 7.04. The number of alkyl halides is 2. The Hall–Kier alpha value is -2.41. The van der Waals surface area contributed by atoms with Crippen LogP contribution in [0, 0.1) is 0 Å². The van der Waals surface area contributed by atoms with Gasteiger partial charge in [0, 0.05) is 18.0 Å². The summed E-state index contributed by atoms with van der Waals surface area (Å²) in [5, 5.41) is 2.80. The number of halogens is 3. The van der Waals surface area contributed by atoms with Crippen molar-refractivity contribution in [1.29, 1.82) is 0 Å². The van der Waals surface area contributed by atoms with Crippen molar-refractivity contribution in [1.82, 2.24) is 4.98 Å². The van der Waals surface area contributed by atoms with Crippen molar-refractivity contribution in [2.75, 3.05) is 12.4 Å². The van der Waals surface area contributed by atoms with Crippen LogP contribution in [-0.2, 0) is 0 Å². The quantitative estimate of drug-likeness (QED) is 0.852. The molecule has 0 unspecified atom stereocenters. The lowest BCUT2D eigenvalue weighted by Crippen LogP contribution is -2.12. The van der Waals surface area contributed by atoms with E-state index in [1.165, 1.54) is 43.6 Å². The molecule has 5 nitrogen and oxygen atoms in total. The molecular formula is C14H11ClF2N2O3. The summed E-state index contributed by atoms with van der Waals surface area (Å²) in [6.07, 6.45) is 1.30. The summed E-state index contributed by atoms with van der Waals surface area (Å²) in [5.74, 6) is -0.506. The van der Waals surface area contributed by atoms with Crippen LogP contribution in [0.3, 0.4) is 0 Å². The standard InChI is InChI=1S/C14H11ClF2N2O3/c1-21-10-4-3-9(6-11(10)22-14(16)17)19-13(20)8-2-5-12(15)18-7-8/h2-7,14H,1H3,(H,19,20). The Morgan fingerprint density at radius 1 is 1.27 bits per heavy atom.